The van der Waals surface area contributed by atoms with E-state index in [2.05, 4.69) is 12.2 Å². The van der Waals surface area contributed by atoms with Crippen LogP contribution in [0.5, 0.6) is 17.2 Å². The van der Waals surface area contributed by atoms with Gasteiger partial charge in [-0.1, -0.05) is 19.8 Å². The van der Waals surface area contributed by atoms with Gasteiger partial charge in [0.1, 0.15) is 0 Å². The first-order valence-corrected chi connectivity index (χ1v) is 7.36. The number of hydrogen-bond donors (Lipinski definition) is 1. The Hall–Kier alpha value is -1.42. The molecule has 0 atom stereocenters. The number of methoxy groups -OCH3 is 2. The van der Waals surface area contributed by atoms with Crippen molar-refractivity contribution in [2.45, 2.75) is 32.7 Å². The third-order valence-electron chi connectivity index (χ3n) is 3.57. The molecule has 1 saturated carbocycles. The fourth-order valence-electron chi connectivity index (χ4n) is 2.18. The van der Waals surface area contributed by atoms with Gasteiger partial charge in [-0.15, -0.1) is 0 Å². The standard InChI is InChI=1S/C16H25NO3/c1-4-17-11-13-9-14(18-2)16(15(10-13)19-3)20-8-7-12-5-6-12/h9-10,12,17H,4-8,11H2,1-3H3. The maximum atomic E-state index is 5.89. The van der Waals surface area contributed by atoms with E-state index in [4.69, 9.17) is 14.2 Å². The summed E-state index contributed by atoms with van der Waals surface area (Å²) in [4.78, 5) is 0. The minimum atomic E-state index is 0.718. The molecule has 0 heterocycles. The molecule has 2 rings (SSSR count). The van der Waals surface area contributed by atoms with Crippen LogP contribution in [0.25, 0.3) is 0 Å². The predicted octanol–water partition coefficient (Wildman–Crippen LogP) is 2.99. The number of ether oxygens (including phenoxy) is 3. The summed E-state index contributed by atoms with van der Waals surface area (Å²) in [6.45, 7) is 4.55. The average Bonchev–Trinajstić information content (AvgIpc) is 3.29. The molecule has 112 valence electrons. The molecule has 1 fully saturated rings. The normalized spacial score (nSPS) is 14.2. The van der Waals surface area contributed by atoms with Gasteiger partial charge >= 0.3 is 0 Å². The number of rotatable bonds is 9. The lowest BCUT2D eigenvalue weighted by Gasteiger charge is -2.16. The van der Waals surface area contributed by atoms with Gasteiger partial charge < -0.3 is 19.5 Å². The van der Waals surface area contributed by atoms with Crippen LogP contribution in [-0.4, -0.2) is 27.4 Å². The molecular formula is C16H25NO3. The van der Waals surface area contributed by atoms with Crippen LogP contribution in [0, 0.1) is 5.92 Å². The molecule has 0 bridgehead atoms. The van der Waals surface area contributed by atoms with E-state index in [1.807, 2.05) is 12.1 Å². The monoisotopic (exact) mass is 279 g/mol. The van der Waals surface area contributed by atoms with E-state index in [0.717, 1.165) is 54.8 Å². The number of nitrogens with one attached hydrogen (secondary N) is 1. The zero-order chi connectivity index (χ0) is 14.4. The van der Waals surface area contributed by atoms with E-state index in [-0.39, 0.29) is 0 Å². The Morgan fingerprint density at radius 1 is 1.15 bits per heavy atom. The van der Waals surface area contributed by atoms with E-state index in [1.165, 1.54) is 12.8 Å². The average molecular weight is 279 g/mol. The summed E-state index contributed by atoms with van der Waals surface area (Å²) in [6.07, 6.45) is 3.81. The Labute approximate surface area is 121 Å². The van der Waals surface area contributed by atoms with Crippen molar-refractivity contribution < 1.29 is 14.2 Å². The smallest absolute Gasteiger partial charge is 0.203 e. The van der Waals surface area contributed by atoms with Gasteiger partial charge in [0.25, 0.3) is 0 Å². The van der Waals surface area contributed by atoms with Crippen LogP contribution in [0.1, 0.15) is 31.7 Å². The third kappa shape index (κ3) is 4.04. The zero-order valence-corrected chi connectivity index (χ0v) is 12.7. The van der Waals surface area contributed by atoms with Gasteiger partial charge in [0, 0.05) is 6.54 Å². The fraction of sp³-hybridized carbons (Fsp3) is 0.625. The summed E-state index contributed by atoms with van der Waals surface area (Å²) in [7, 11) is 3.33. The SMILES string of the molecule is CCNCc1cc(OC)c(OCCC2CC2)c(OC)c1. The van der Waals surface area contributed by atoms with Crippen molar-refractivity contribution in [3.05, 3.63) is 17.7 Å². The lowest BCUT2D eigenvalue weighted by atomic mass is 10.1. The van der Waals surface area contributed by atoms with Crippen molar-refractivity contribution in [3.63, 3.8) is 0 Å². The highest BCUT2D eigenvalue weighted by atomic mass is 16.5. The molecule has 1 aromatic rings. The first-order chi connectivity index (χ1) is 9.78. The molecule has 0 unspecified atom stereocenters. The first kappa shape index (κ1) is 15.0. The molecular weight excluding hydrogens is 254 g/mol. The van der Waals surface area contributed by atoms with Crippen LogP contribution < -0.4 is 19.5 Å². The maximum absolute atomic E-state index is 5.89. The summed E-state index contributed by atoms with van der Waals surface area (Å²) >= 11 is 0. The quantitative estimate of drug-likeness (QED) is 0.754. The van der Waals surface area contributed by atoms with Crippen molar-refractivity contribution in [2.75, 3.05) is 27.4 Å². The van der Waals surface area contributed by atoms with E-state index in [1.54, 1.807) is 14.2 Å². The number of hydrogen-bond acceptors (Lipinski definition) is 4. The van der Waals surface area contributed by atoms with E-state index in [0.29, 0.717) is 0 Å². The second kappa shape index (κ2) is 7.39. The van der Waals surface area contributed by atoms with Gasteiger partial charge in [-0.05, 0) is 36.6 Å². The highest BCUT2D eigenvalue weighted by Gasteiger charge is 2.22. The van der Waals surface area contributed by atoms with Gasteiger partial charge in [-0.25, -0.2) is 0 Å². The summed E-state index contributed by atoms with van der Waals surface area (Å²) in [5, 5.41) is 3.30. The molecule has 1 N–H and O–H groups in total. The molecule has 0 spiro atoms. The predicted molar refractivity (Wildman–Crippen MR) is 79.8 cm³/mol. The Morgan fingerprint density at radius 3 is 2.30 bits per heavy atom. The Kier molecular flexibility index (Phi) is 5.53. The van der Waals surface area contributed by atoms with Crippen LogP contribution in [0.4, 0.5) is 0 Å². The van der Waals surface area contributed by atoms with Crippen LogP contribution in [-0.2, 0) is 6.54 Å². The van der Waals surface area contributed by atoms with Crippen LogP contribution in [0.3, 0.4) is 0 Å². The van der Waals surface area contributed by atoms with Gasteiger partial charge in [-0.3, -0.25) is 0 Å². The maximum Gasteiger partial charge on any atom is 0.203 e. The fourth-order valence-corrected chi connectivity index (χ4v) is 2.18. The molecule has 1 aliphatic rings. The van der Waals surface area contributed by atoms with Crippen molar-refractivity contribution in [3.8, 4) is 17.2 Å². The lowest BCUT2D eigenvalue weighted by Crippen LogP contribution is -2.12. The molecule has 0 saturated heterocycles. The third-order valence-corrected chi connectivity index (χ3v) is 3.57. The molecule has 0 radical (unpaired) electrons. The molecule has 1 aliphatic carbocycles. The largest absolute Gasteiger partial charge is 0.493 e. The minimum Gasteiger partial charge on any atom is -0.493 e. The summed E-state index contributed by atoms with van der Waals surface area (Å²) in [5.74, 6) is 3.07. The molecule has 0 aromatic heterocycles. The molecule has 4 heteroatoms. The van der Waals surface area contributed by atoms with Crippen molar-refractivity contribution in [1.82, 2.24) is 5.32 Å². The molecule has 4 nitrogen and oxygen atoms in total. The van der Waals surface area contributed by atoms with Crippen molar-refractivity contribution in [2.24, 2.45) is 5.92 Å². The van der Waals surface area contributed by atoms with Crippen molar-refractivity contribution >= 4 is 0 Å². The van der Waals surface area contributed by atoms with Gasteiger partial charge in [0.05, 0.1) is 20.8 Å². The highest BCUT2D eigenvalue weighted by molar-refractivity contribution is 5.53. The Morgan fingerprint density at radius 2 is 1.80 bits per heavy atom. The molecule has 20 heavy (non-hydrogen) atoms. The van der Waals surface area contributed by atoms with Gasteiger partial charge in [0.2, 0.25) is 5.75 Å². The van der Waals surface area contributed by atoms with Crippen molar-refractivity contribution in [1.29, 1.82) is 0 Å². The molecule has 0 aliphatic heterocycles. The highest BCUT2D eigenvalue weighted by Crippen LogP contribution is 2.39. The van der Waals surface area contributed by atoms with Gasteiger partial charge in [0.15, 0.2) is 11.5 Å². The summed E-state index contributed by atoms with van der Waals surface area (Å²) in [6, 6.07) is 4.02. The van der Waals surface area contributed by atoms with Gasteiger partial charge in [-0.2, -0.15) is 0 Å². The zero-order valence-electron chi connectivity index (χ0n) is 12.7. The van der Waals surface area contributed by atoms with Crippen LogP contribution in [0.15, 0.2) is 12.1 Å². The second-order valence-corrected chi connectivity index (χ2v) is 5.19. The minimum absolute atomic E-state index is 0.718. The second-order valence-electron chi connectivity index (χ2n) is 5.19. The van der Waals surface area contributed by atoms with E-state index in [9.17, 15) is 0 Å². The Balaban J connectivity index is 2.09. The lowest BCUT2D eigenvalue weighted by molar-refractivity contribution is 0.265. The summed E-state index contributed by atoms with van der Waals surface area (Å²) in [5.41, 5.74) is 1.13. The van der Waals surface area contributed by atoms with E-state index >= 15 is 0 Å². The van der Waals surface area contributed by atoms with Crippen LogP contribution >= 0.6 is 0 Å². The van der Waals surface area contributed by atoms with Crippen LogP contribution in [0.2, 0.25) is 0 Å². The topological polar surface area (TPSA) is 39.7 Å². The summed E-state index contributed by atoms with van der Waals surface area (Å²) < 4.78 is 16.8. The first-order valence-electron chi connectivity index (χ1n) is 7.36. The molecule has 1 aromatic carbocycles. The Bertz CT molecular complexity index is 405. The number of benzene rings is 1. The van der Waals surface area contributed by atoms with E-state index < -0.39 is 0 Å². The molecule has 0 amide bonds.